The van der Waals surface area contributed by atoms with Crippen molar-refractivity contribution in [1.82, 2.24) is 10.6 Å². The molecular weight excluding hydrogens is 272 g/mol. The fraction of sp³-hybridized carbons (Fsp3) is 0.267. The van der Waals surface area contributed by atoms with Crippen molar-refractivity contribution in [3.63, 3.8) is 0 Å². The van der Waals surface area contributed by atoms with E-state index in [0.717, 1.165) is 11.1 Å². The predicted octanol–water partition coefficient (Wildman–Crippen LogP) is 1.40. The molecule has 0 aliphatic heterocycles. The molecule has 0 aliphatic carbocycles. The molecule has 112 valence electrons. The third kappa shape index (κ3) is 6.91. The lowest BCUT2D eigenvalue weighted by Gasteiger charge is -2.04. The largest absolute Gasteiger partial charge is 0.452 e. The van der Waals surface area contributed by atoms with Crippen LogP contribution < -0.4 is 10.6 Å². The van der Waals surface area contributed by atoms with Crippen molar-refractivity contribution in [2.24, 2.45) is 0 Å². The summed E-state index contributed by atoms with van der Waals surface area (Å²) in [6.45, 7) is 3.58. The Kier molecular flexibility index (Phi) is 6.67. The van der Waals surface area contributed by atoms with Crippen molar-refractivity contribution in [1.29, 1.82) is 0 Å². The topological polar surface area (TPSA) is 84.5 Å². The van der Waals surface area contributed by atoms with Gasteiger partial charge in [-0.25, -0.2) is 9.59 Å². The highest BCUT2D eigenvalue weighted by Gasteiger charge is 2.08. The minimum atomic E-state index is -0.682. The average molecular weight is 290 g/mol. The third-order valence-electron chi connectivity index (χ3n) is 2.43. The number of carbonyl (C=O) groups is 3. The van der Waals surface area contributed by atoms with Crippen LogP contribution in [0.1, 0.15) is 18.1 Å². The SMILES string of the molecule is CCNC(=O)NC(=O)COC(=O)/C=C/c1ccc(C)cc1. The van der Waals surface area contributed by atoms with Gasteiger partial charge in [-0.15, -0.1) is 0 Å². The van der Waals surface area contributed by atoms with Crippen molar-refractivity contribution < 1.29 is 19.1 Å². The molecule has 1 aromatic rings. The van der Waals surface area contributed by atoms with Gasteiger partial charge in [0, 0.05) is 12.6 Å². The molecule has 0 atom stereocenters. The van der Waals surface area contributed by atoms with Crippen LogP contribution in [0.4, 0.5) is 4.79 Å². The van der Waals surface area contributed by atoms with Crippen molar-refractivity contribution in [2.45, 2.75) is 13.8 Å². The Morgan fingerprint density at radius 2 is 1.86 bits per heavy atom. The molecule has 1 rings (SSSR count). The summed E-state index contributed by atoms with van der Waals surface area (Å²) >= 11 is 0. The highest BCUT2D eigenvalue weighted by Crippen LogP contribution is 2.04. The number of esters is 1. The number of hydrogen-bond donors (Lipinski definition) is 2. The molecule has 0 saturated carbocycles. The number of benzene rings is 1. The summed E-state index contributed by atoms with van der Waals surface area (Å²) in [4.78, 5) is 33.7. The minimum Gasteiger partial charge on any atom is -0.452 e. The predicted molar refractivity (Wildman–Crippen MR) is 78.4 cm³/mol. The maximum absolute atomic E-state index is 11.4. The number of hydrogen-bond acceptors (Lipinski definition) is 4. The quantitative estimate of drug-likeness (QED) is 0.634. The number of aryl methyl sites for hydroxylation is 1. The van der Waals surface area contributed by atoms with Gasteiger partial charge in [-0.2, -0.15) is 0 Å². The maximum Gasteiger partial charge on any atom is 0.331 e. The van der Waals surface area contributed by atoms with E-state index in [1.807, 2.05) is 36.5 Å². The van der Waals surface area contributed by atoms with Crippen molar-refractivity contribution in [3.05, 3.63) is 41.5 Å². The van der Waals surface area contributed by atoms with Gasteiger partial charge in [0.25, 0.3) is 5.91 Å². The van der Waals surface area contributed by atoms with E-state index >= 15 is 0 Å². The minimum absolute atomic E-state index is 0.401. The molecular formula is C15H18N2O4. The highest BCUT2D eigenvalue weighted by atomic mass is 16.5. The Bertz CT molecular complexity index is 535. The van der Waals surface area contributed by atoms with Crippen molar-refractivity contribution >= 4 is 24.0 Å². The average Bonchev–Trinajstić information content (AvgIpc) is 2.44. The van der Waals surface area contributed by atoms with Crippen LogP contribution in [0.3, 0.4) is 0 Å². The molecule has 0 aromatic heterocycles. The van der Waals surface area contributed by atoms with Gasteiger partial charge in [0.05, 0.1) is 0 Å². The first kappa shape index (κ1) is 16.4. The normalized spacial score (nSPS) is 10.2. The summed E-state index contributed by atoms with van der Waals surface area (Å²) in [7, 11) is 0. The summed E-state index contributed by atoms with van der Waals surface area (Å²) in [5.41, 5.74) is 1.97. The molecule has 0 aliphatic rings. The van der Waals surface area contributed by atoms with Crippen LogP contribution in [0.2, 0.25) is 0 Å². The number of amides is 3. The van der Waals surface area contributed by atoms with E-state index in [1.165, 1.54) is 6.08 Å². The number of imide groups is 1. The number of rotatable bonds is 5. The Morgan fingerprint density at radius 3 is 2.48 bits per heavy atom. The molecule has 0 radical (unpaired) electrons. The summed E-state index contributed by atoms with van der Waals surface area (Å²) in [6, 6.07) is 6.95. The van der Waals surface area contributed by atoms with Gasteiger partial charge in [0.2, 0.25) is 0 Å². The van der Waals surface area contributed by atoms with Crippen LogP contribution in [0.5, 0.6) is 0 Å². The van der Waals surface area contributed by atoms with Crippen LogP contribution >= 0.6 is 0 Å². The third-order valence-corrected chi connectivity index (χ3v) is 2.43. The Balaban J connectivity index is 2.35. The van der Waals surface area contributed by atoms with Gasteiger partial charge in [-0.3, -0.25) is 10.1 Å². The van der Waals surface area contributed by atoms with Gasteiger partial charge >= 0.3 is 12.0 Å². The molecule has 0 spiro atoms. The second-order valence-electron chi connectivity index (χ2n) is 4.26. The molecule has 6 heteroatoms. The fourth-order valence-corrected chi connectivity index (χ4v) is 1.39. The first-order valence-electron chi connectivity index (χ1n) is 6.50. The molecule has 1 aromatic carbocycles. The molecule has 21 heavy (non-hydrogen) atoms. The molecule has 0 unspecified atom stereocenters. The van der Waals surface area contributed by atoms with Crippen molar-refractivity contribution in [2.75, 3.05) is 13.2 Å². The standard InChI is InChI=1S/C15H18N2O4/c1-3-16-15(20)17-13(18)10-21-14(19)9-8-12-6-4-11(2)5-7-12/h4-9H,3,10H2,1-2H3,(H2,16,17,18,20)/b9-8+. The molecule has 0 bridgehead atoms. The zero-order valence-electron chi connectivity index (χ0n) is 12.0. The van der Waals surface area contributed by atoms with Gasteiger partial charge in [-0.05, 0) is 25.5 Å². The second-order valence-corrected chi connectivity index (χ2v) is 4.26. The van der Waals surface area contributed by atoms with Gasteiger partial charge < -0.3 is 10.1 Å². The zero-order chi connectivity index (χ0) is 15.7. The van der Waals surface area contributed by atoms with E-state index in [-0.39, 0.29) is 0 Å². The summed E-state index contributed by atoms with van der Waals surface area (Å²) in [5.74, 6) is -1.33. The lowest BCUT2D eigenvalue weighted by Crippen LogP contribution is -2.41. The number of nitrogens with one attached hydrogen (secondary N) is 2. The summed E-state index contributed by atoms with van der Waals surface area (Å²) < 4.78 is 4.71. The number of carbonyl (C=O) groups excluding carboxylic acids is 3. The van der Waals surface area contributed by atoms with E-state index in [1.54, 1.807) is 13.0 Å². The maximum atomic E-state index is 11.4. The van der Waals surface area contributed by atoms with Crippen LogP contribution in [0, 0.1) is 6.92 Å². The van der Waals surface area contributed by atoms with Crippen LogP contribution in [0.15, 0.2) is 30.3 Å². The second kappa shape index (κ2) is 8.52. The van der Waals surface area contributed by atoms with E-state index < -0.39 is 24.5 Å². The van der Waals surface area contributed by atoms with Crippen LogP contribution in [-0.2, 0) is 14.3 Å². The first-order valence-corrected chi connectivity index (χ1v) is 6.50. The van der Waals surface area contributed by atoms with Crippen molar-refractivity contribution in [3.8, 4) is 0 Å². The monoisotopic (exact) mass is 290 g/mol. The van der Waals surface area contributed by atoms with Gasteiger partial charge in [-0.1, -0.05) is 29.8 Å². The summed E-state index contributed by atoms with van der Waals surface area (Å²) in [6.07, 6.45) is 2.81. The molecule has 6 nitrogen and oxygen atoms in total. The number of urea groups is 1. The lowest BCUT2D eigenvalue weighted by atomic mass is 10.1. The van der Waals surface area contributed by atoms with Gasteiger partial charge in [0.15, 0.2) is 6.61 Å². The van der Waals surface area contributed by atoms with E-state index in [9.17, 15) is 14.4 Å². The molecule has 3 amide bonds. The first-order chi connectivity index (χ1) is 10.0. The molecule has 0 saturated heterocycles. The Labute approximate surface area is 123 Å². The smallest absolute Gasteiger partial charge is 0.331 e. The highest BCUT2D eigenvalue weighted by molar-refractivity contribution is 5.96. The Morgan fingerprint density at radius 1 is 1.19 bits per heavy atom. The fourth-order valence-electron chi connectivity index (χ4n) is 1.39. The molecule has 0 heterocycles. The molecule has 0 fully saturated rings. The summed E-state index contributed by atoms with van der Waals surface area (Å²) in [5, 5.41) is 4.42. The van der Waals surface area contributed by atoms with E-state index in [4.69, 9.17) is 4.74 Å². The zero-order valence-corrected chi connectivity index (χ0v) is 12.0. The number of ether oxygens (including phenoxy) is 1. The lowest BCUT2D eigenvalue weighted by molar-refractivity contribution is -0.143. The van der Waals surface area contributed by atoms with Crippen LogP contribution in [-0.4, -0.2) is 31.1 Å². The van der Waals surface area contributed by atoms with E-state index in [2.05, 4.69) is 5.32 Å². The van der Waals surface area contributed by atoms with E-state index in [0.29, 0.717) is 6.54 Å². The Hall–Kier alpha value is -2.63. The van der Waals surface area contributed by atoms with Crippen LogP contribution in [0.25, 0.3) is 6.08 Å². The van der Waals surface area contributed by atoms with Gasteiger partial charge in [0.1, 0.15) is 0 Å². The molecule has 2 N–H and O–H groups in total.